The fraction of sp³-hybridized carbons (Fsp3) is 0.125. The Bertz CT molecular complexity index is 322. The van der Waals surface area contributed by atoms with Gasteiger partial charge in [-0.25, -0.2) is 20.8 Å². The minimum absolute atomic E-state index is 0.163. The SMILES string of the molecule is C=C(C)C(=O)N(N)c1ncccn1. The number of carbonyl (C=O) groups is 1. The van der Waals surface area contributed by atoms with Gasteiger partial charge in [0.25, 0.3) is 5.91 Å². The Hall–Kier alpha value is -1.75. The Labute approximate surface area is 75.9 Å². The van der Waals surface area contributed by atoms with Crippen LogP contribution in [-0.4, -0.2) is 15.9 Å². The third kappa shape index (κ3) is 2.09. The molecule has 0 spiro atoms. The number of amides is 1. The summed E-state index contributed by atoms with van der Waals surface area (Å²) < 4.78 is 0. The Balaban J connectivity index is 2.86. The first kappa shape index (κ1) is 9.34. The van der Waals surface area contributed by atoms with Gasteiger partial charge >= 0.3 is 0 Å². The summed E-state index contributed by atoms with van der Waals surface area (Å²) in [4.78, 5) is 18.9. The standard InChI is InChI=1S/C8H10N4O/c1-6(2)7(13)12(9)8-10-4-3-5-11-8/h3-5H,1,9H2,2H3. The van der Waals surface area contributed by atoms with E-state index in [4.69, 9.17) is 5.84 Å². The molecule has 13 heavy (non-hydrogen) atoms. The highest BCUT2D eigenvalue weighted by Crippen LogP contribution is 2.03. The summed E-state index contributed by atoms with van der Waals surface area (Å²) >= 11 is 0. The molecule has 0 radical (unpaired) electrons. The van der Waals surface area contributed by atoms with Crippen LogP contribution in [0.25, 0.3) is 0 Å². The van der Waals surface area contributed by atoms with Gasteiger partial charge in [0.15, 0.2) is 0 Å². The predicted octanol–water partition coefficient (Wildman–Crippen LogP) is 0.259. The van der Waals surface area contributed by atoms with Crippen LogP contribution in [0.3, 0.4) is 0 Å². The Morgan fingerprint density at radius 2 is 2.08 bits per heavy atom. The molecule has 1 aromatic heterocycles. The second-order valence-corrected chi connectivity index (χ2v) is 2.50. The van der Waals surface area contributed by atoms with Gasteiger partial charge in [-0.2, -0.15) is 0 Å². The first-order chi connectivity index (χ1) is 6.13. The van der Waals surface area contributed by atoms with Crippen molar-refractivity contribution >= 4 is 11.9 Å². The first-order valence-electron chi connectivity index (χ1n) is 3.64. The second kappa shape index (κ2) is 3.77. The molecule has 0 fully saturated rings. The Morgan fingerprint density at radius 3 is 2.54 bits per heavy atom. The largest absolute Gasteiger partial charge is 0.270 e. The summed E-state index contributed by atoms with van der Waals surface area (Å²) in [5, 5.41) is 0.863. The van der Waals surface area contributed by atoms with Crippen molar-refractivity contribution in [1.29, 1.82) is 0 Å². The van der Waals surface area contributed by atoms with E-state index in [2.05, 4.69) is 16.5 Å². The highest BCUT2D eigenvalue weighted by molar-refractivity contribution is 6.02. The smallest absolute Gasteiger partial charge is 0.268 e. The molecule has 1 rings (SSSR count). The molecule has 68 valence electrons. The lowest BCUT2D eigenvalue weighted by atomic mass is 10.3. The van der Waals surface area contributed by atoms with Crippen molar-refractivity contribution in [3.05, 3.63) is 30.6 Å². The summed E-state index contributed by atoms with van der Waals surface area (Å²) in [7, 11) is 0. The van der Waals surface area contributed by atoms with E-state index in [1.54, 1.807) is 13.0 Å². The number of hydrogen-bond donors (Lipinski definition) is 1. The van der Waals surface area contributed by atoms with Gasteiger partial charge in [-0.3, -0.25) is 4.79 Å². The number of anilines is 1. The van der Waals surface area contributed by atoms with Crippen LogP contribution < -0.4 is 10.9 Å². The van der Waals surface area contributed by atoms with Crippen molar-refractivity contribution in [3.8, 4) is 0 Å². The Kier molecular flexibility index (Phi) is 2.71. The zero-order chi connectivity index (χ0) is 9.84. The van der Waals surface area contributed by atoms with Gasteiger partial charge in [0.1, 0.15) is 0 Å². The average molecular weight is 178 g/mol. The topological polar surface area (TPSA) is 72.1 Å². The van der Waals surface area contributed by atoms with Crippen LogP contribution in [0.4, 0.5) is 5.95 Å². The van der Waals surface area contributed by atoms with E-state index in [0.29, 0.717) is 5.57 Å². The molecule has 5 heteroatoms. The van der Waals surface area contributed by atoms with Crippen molar-refractivity contribution < 1.29 is 4.79 Å². The van der Waals surface area contributed by atoms with Crippen molar-refractivity contribution in [2.45, 2.75) is 6.92 Å². The van der Waals surface area contributed by atoms with Crippen LogP contribution in [0, 0.1) is 0 Å². The van der Waals surface area contributed by atoms with Crippen molar-refractivity contribution in [1.82, 2.24) is 9.97 Å². The van der Waals surface area contributed by atoms with E-state index in [1.807, 2.05) is 0 Å². The summed E-state index contributed by atoms with van der Waals surface area (Å²) in [5.41, 5.74) is 0.343. The van der Waals surface area contributed by atoms with Gasteiger partial charge in [0, 0.05) is 18.0 Å². The van der Waals surface area contributed by atoms with Crippen LogP contribution in [0.5, 0.6) is 0 Å². The maximum atomic E-state index is 11.3. The molecule has 1 heterocycles. The monoisotopic (exact) mass is 178 g/mol. The minimum Gasteiger partial charge on any atom is -0.268 e. The van der Waals surface area contributed by atoms with Gasteiger partial charge < -0.3 is 0 Å². The normalized spacial score (nSPS) is 9.38. The molecule has 0 atom stereocenters. The zero-order valence-electron chi connectivity index (χ0n) is 7.27. The molecule has 0 unspecified atom stereocenters. The molecule has 2 N–H and O–H groups in total. The molecule has 0 saturated carbocycles. The van der Waals surface area contributed by atoms with Crippen molar-refractivity contribution in [2.75, 3.05) is 5.01 Å². The fourth-order valence-corrected chi connectivity index (χ4v) is 0.712. The maximum absolute atomic E-state index is 11.3. The zero-order valence-corrected chi connectivity index (χ0v) is 7.27. The summed E-state index contributed by atoms with van der Waals surface area (Å²) in [6.45, 7) is 5.05. The van der Waals surface area contributed by atoms with Crippen LogP contribution >= 0.6 is 0 Å². The summed E-state index contributed by atoms with van der Waals surface area (Å²) in [6.07, 6.45) is 3.02. The fourth-order valence-electron chi connectivity index (χ4n) is 0.712. The summed E-state index contributed by atoms with van der Waals surface area (Å²) in [5.74, 6) is 5.20. The number of nitrogens with zero attached hydrogens (tertiary/aromatic N) is 3. The van der Waals surface area contributed by atoms with Gasteiger partial charge in [-0.1, -0.05) is 6.58 Å². The van der Waals surface area contributed by atoms with Gasteiger partial charge in [-0.15, -0.1) is 0 Å². The van der Waals surface area contributed by atoms with Gasteiger partial charge in [-0.05, 0) is 13.0 Å². The lowest BCUT2D eigenvalue weighted by Crippen LogP contribution is -2.39. The predicted molar refractivity (Wildman–Crippen MR) is 48.5 cm³/mol. The average Bonchev–Trinajstić information content (AvgIpc) is 2.17. The van der Waals surface area contributed by atoms with E-state index in [1.165, 1.54) is 12.4 Å². The number of carbonyl (C=O) groups excluding carboxylic acids is 1. The molecule has 0 bridgehead atoms. The number of rotatable bonds is 2. The highest BCUT2D eigenvalue weighted by atomic mass is 16.2. The Morgan fingerprint density at radius 1 is 1.54 bits per heavy atom. The molecule has 0 aliphatic heterocycles. The van der Waals surface area contributed by atoms with E-state index >= 15 is 0 Å². The number of aromatic nitrogens is 2. The van der Waals surface area contributed by atoms with Crippen LogP contribution in [0.1, 0.15) is 6.92 Å². The van der Waals surface area contributed by atoms with E-state index < -0.39 is 5.91 Å². The van der Waals surface area contributed by atoms with Crippen molar-refractivity contribution in [3.63, 3.8) is 0 Å². The van der Waals surface area contributed by atoms with E-state index in [9.17, 15) is 4.79 Å². The van der Waals surface area contributed by atoms with Crippen LogP contribution in [0.2, 0.25) is 0 Å². The summed E-state index contributed by atoms with van der Waals surface area (Å²) in [6, 6.07) is 1.64. The lowest BCUT2D eigenvalue weighted by molar-refractivity contribution is -0.115. The molecular formula is C8H10N4O. The molecule has 5 nitrogen and oxygen atoms in total. The first-order valence-corrected chi connectivity index (χ1v) is 3.64. The number of hydrazine groups is 1. The van der Waals surface area contributed by atoms with E-state index in [0.717, 1.165) is 5.01 Å². The van der Waals surface area contributed by atoms with E-state index in [-0.39, 0.29) is 5.95 Å². The molecule has 0 aliphatic carbocycles. The minimum atomic E-state index is -0.397. The molecule has 1 aromatic rings. The molecular weight excluding hydrogens is 168 g/mol. The number of nitrogens with two attached hydrogens (primary N) is 1. The molecule has 1 amide bonds. The lowest BCUT2D eigenvalue weighted by Gasteiger charge is -2.13. The molecule has 0 aliphatic rings. The highest BCUT2D eigenvalue weighted by Gasteiger charge is 2.13. The van der Waals surface area contributed by atoms with Crippen LogP contribution in [-0.2, 0) is 4.79 Å². The second-order valence-electron chi connectivity index (χ2n) is 2.50. The van der Waals surface area contributed by atoms with Crippen LogP contribution in [0.15, 0.2) is 30.6 Å². The third-order valence-corrected chi connectivity index (χ3v) is 1.35. The quantitative estimate of drug-likeness (QED) is 0.305. The van der Waals surface area contributed by atoms with Gasteiger partial charge in [0.2, 0.25) is 5.95 Å². The third-order valence-electron chi connectivity index (χ3n) is 1.35. The maximum Gasteiger partial charge on any atom is 0.270 e. The molecule has 0 saturated heterocycles. The van der Waals surface area contributed by atoms with Gasteiger partial charge in [0.05, 0.1) is 0 Å². The molecule has 0 aromatic carbocycles. The van der Waals surface area contributed by atoms with Crippen molar-refractivity contribution in [2.24, 2.45) is 5.84 Å². The number of hydrogen-bond acceptors (Lipinski definition) is 4.